The van der Waals surface area contributed by atoms with Crippen LogP contribution >= 0.6 is 11.8 Å². The molecule has 4 rings (SSSR count). The molecule has 7 nitrogen and oxygen atoms in total. The van der Waals surface area contributed by atoms with Crippen LogP contribution in [0.15, 0.2) is 76.7 Å². The number of fused-ring (bicyclic) bond motifs is 1. The van der Waals surface area contributed by atoms with E-state index in [0.717, 1.165) is 11.1 Å². The third-order valence-electron chi connectivity index (χ3n) is 6.06. The maximum absolute atomic E-state index is 13.6. The second-order valence-corrected chi connectivity index (χ2v) is 10.5. The lowest BCUT2D eigenvalue weighted by atomic mass is 10.1. The van der Waals surface area contributed by atoms with E-state index >= 15 is 0 Å². The van der Waals surface area contributed by atoms with Crippen LogP contribution < -0.4 is 15.6 Å². The van der Waals surface area contributed by atoms with Crippen molar-refractivity contribution >= 4 is 34.4 Å². The van der Waals surface area contributed by atoms with Crippen molar-refractivity contribution in [3.63, 3.8) is 0 Å². The van der Waals surface area contributed by atoms with Gasteiger partial charge in [-0.2, -0.15) is 0 Å². The smallest absolute Gasteiger partial charge is 0.262 e. The number of rotatable bonds is 10. The fraction of sp³-hybridized carbons (Fsp3) is 0.267. The molecule has 0 radical (unpaired) electrons. The maximum Gasteiger partial charge on any atom is 0.262 e. The SMILES string of the molecule is COc1ccc(C(=O)CSc2nc3cc(C(=O)NCC(C)C)ccc3c(=O)n2Cc2ccc(C)cc2)cc1. The summed E-state index contributed by atoms with van der Waals surface area (Å²) in [5.74, 6) is 0.793. The number of Topliss-reactive ketones (excluding diaryl/α,β-unsaturated/α-hetero) is 1. The van der Waals surface area contributed by atoms with Gasteiger partial charge in [-0.15, -0.1) is 0 Å². The highest BCUT2D eigenvalue weighted by molar-refractivity contribution is 7.99. The highest BCUT2D eigenvalue weighted by Crippen LogP contribution is 2.22. The Hall–Kier alpha value is -3.91. The summed E-state index contributed by atoms with van der Waals surface area (Å²) in [7, 11) is 1.57. The summed E-state index contributed by atoms with van der Waals surface area (Å²) in [4.78, 5) is 43.9. The van der Waals surface area contributed by atoms with Gasteiger partial charge < -0.3 is 10.1 Å². The molecule has 0 saturated heterocycles. The van der Waals surface area contributed by atoms with Gasteiger partial charge in [0, 0.05) is 17.7 Å². The molecule has 4 aromatic rings. The minimum Gasteiger partial charge on any atom is -0.497 e. The number of hydrogen-bond donors (Lipinski definition) is 1. The summed E-state index contributed by atoms with van der Waals surface area (Å²) in [5, 5.41) is 3.74. The second kappa shape index (κ2) is 12.1. The minimum atomic E-state index is -0.218. The Kier molecular flexibility index (Phi) is 8.63. The third kappa shape index (κ3) is 6.50. The molecule has 1 N–H and O–H groups in total. The summed E-state index contributed by atoms with van der Waals surface area (Å²) in [6.07, 6.45) is 0. The van der Waals surface area contributed by atoms with Gasteiger partial charge in [-0.05, 0) is 60.9 Å². The number of carbonyl (C=O) groups is 2. The molecule has 0 spiro atoms. The van der Waals surface area contributed by atoms with E-state index in [9.17, 15) is 14.4 Å². The maximum atomic E-state index is 13.6. The molecule has 1 amide bonds. The number of methoxy groups -OCH3 is 1. The molecule has 0 saturated carbocycles. The van der Waals surface area contributed by atoms with Gasteiger partial charge in [-0.1, -0.05) is 55.4 Å². The standard InChI is InChI=1S/C30H31N3O4S/c1-19(2)16-31-28(35)23-11-14-25-26(15-23)32-30(33(29(25)36)17-21-7-5-20(3)6-8-21)38-18-27(34)22-9-12-24(37-4)13-10-22/h5-15,19H,16-18H2,1-4H3,(H,31,35). The van der Waals surface area contributed by atoms with E-state index in [2.05, 4.69) is 5.32 Å². The highest BCUT2D eigenvalue weighted by Gasteiger charge is 2.17. The Morgan fingerprint density at radius 2 is 1.68 bits per heavy atom. The first-order chi connectivity index (χ1) is 18.2. The quantitative estimate of drug-likeness (QED) is 0.174. The van der Waals surface area contributed by atoms with E-state index < -0.39 is 0 Å². The number of benzene rings is 3. The van der Waals surface area contributed by atoms with Crippen LogP contribution in [0.4, 0.5) is 0 Å². The van der Waals surface area contributed by atoms with Crippen molar-refractivity contribution in [1.29, 1.82) is 0 Å². The van der Waals surface area contributed by atoms with Gasteiger partial charge in [0.05, 0.1) is 30.3 Å². The third-order valence-corrected chi connectivity index (χ3v) is 7.04. The van der Waals surface area contributed by atoms with Crippen LogP contribution in [0.1, 0.15) is 45.7 Å². The molecule has 38 heavy (non-hydrogen) atoms. The van der Waals surface area contributed by atoms with E-state index in [-0.39, 0.29) is 23.0 Å². The van der Waals surface area contributed by atoms with Crippen LogP contribution in [0.5, 0.6) is 5.75 Å². The summed E-state index contributed by atoms with van der Waals surface area (Å²) in [6.45, 7) is 6.92. The summed E-state index contributed by atoms with van der Waals surface area (Å²) < 4.78 is 6.77. The van der Waals surface area contributed by atoms with Crippen LogP contribution in [0, 0.1) is 12.8 Å². The van der Waals surface area contributed by atoms with Crippen molar-refractivity contribution in [3.8, 4) is 5.75 Å². The molecule has 8 heteroatoms. The minimum absolute atomic E-state index is 0.0873. The zero-order chi connectivity index (χ0) is 27.2. The Morgan fingerprint density at radius 1 is 1.00 bits per heavy atom. The normalized spacial score (nSPS) is 11.1. The van der Waals surface area contributed by atoms with E-state index in [1.165, 1.54) is 11.8 Å². The molecule has 3 aromatic carbocycles. The van der Waals surface area contributed by atoms with Gasteiger partial charge in [0.2, 0.25) is 0 Å². The Balaban J connectivity index is 1.69. The number of aryl methyl sites for hydroxylation is 1. The Labute approximate surface area is 226 Å². The molecule has 0 bridgehead atoms. The van der Waals surface area contributed by atoms with Crippen molar-refractivity contribution in [2.24, 2.45) is 5.92 Å². The Bertz CT molecular complexity index is 1510. The first-order valence-corrected chi connectivity index (χ1v) is 13.4. The zero-order valence-electron chi connectivity index (χ0n) is 22.0. The van der Waals surface area contributed by atoms with Crippen LogP contribution in [-0.4, -0.2) is 40.6 Å². The Morgan fingerprint density at radius 3 is 2.34 bits per heavy atom. The molecular formula is C30H31N3O4S. The van der Waals surface area contributed by atoms with E-state index in [4.69, 9.17) is 9.72 Å². The molecule has 0 aliphatic heterocycles. The van der Waals surface area contributed by atoms with Gasteiger partial charge in [0.1, 0.15) is 5.75 Å². The number of nitrogens with one attached hydrogen (secondary N) is 1. The summed E-state index contributed by atoms with van der Waals surface area (Å²) >= 11 is 1.21. The van der Waals surface area contributed by atoms with Crippen molar-refractivity contribution < 1.29 is 14.3 Å². The molecule has 0 unspecified atom stereocenters. The lowest BCUT2D eigenvalue weighted by molar-refractivity contribution is 0.0948. The first kappa shape index (κ1) is 27.1. The van der Waals surface area contributed by atoms with E-state index in [1.54, 1.807) is 54.1 Å². The van der Waals surface area contributed by atoms with Gasteiger partial charge in [0.15, 0.2) is 10.9 Å². The average Bonchev–Trinajstić information content (AvgIpc) is 2.92. The molecule has 1 heterocycles. The van der Waals surface area contributed by atoms with Crippen LogP contribution in [0.25, 0.3) is 10.9 Å². The largest absolute Gasteiger partial charge is 0.497 e. The number of carbonyl (C=O) groups excluding carboxylic acids is 2. The zero-order valence-corrected chi connectivity index (χ0v) is 22.8. The van der Waals surface area contributed by atoms with Crippen molar-refractivity contribution in [3.05, 3.63) is 99.3 Å². The van der Waals surface area contributed by atoms with Crippen LogP contribution in [0.2, 0.25) is 0 Å². The highest BCUT2D eigenvalue weighted by atomic mass is 32.2. The van der Waals surface area contributed by atoms with E-state index in [1.807, 2.05) is 45.0 Å². The number of nitrogens with zero attached hydrogens (tertiary/aromatic N) is 2. The fourth-order valence-corrected chi connectivity index (χ4v) is 4.75. The topological polar surface area (TPSA) is 90.3 Å². The summed E-state index contributed by atoms with van der Waals surface area (Å²) in [5.41, 5.74) is 3.27. The number of amides is 1. The molecule has 0 aliphatic rings. The van der Waals surface area contributed by atoms with Crippen molar-refractivity contribution in [2.75, 3.05) is 19.4 Å². The van der Waals surface area contributed by atoms with Crippen molar-refractivity contribution in [2.45, 2.75) is 32.5 Å². The molecular weight excluding hydrogens is 498 g/mol. The molecule has 0 aliphatic carbocycles. The number of ether oxygens (including phenoxy) is 1. The number of aromatic nitrogens is 2. The van der Waals surface area contributed by atoms with E-state index in [0.29, 0.717) is 51.9 Å². The summed E-state index contributed by atoms with van der Waals surface area (Å²) in [6, 6.07) is 19.8. The van der Waals surface area contributed by atoms with Gasteiger partial charge in [-0.3, -0.25) is 19.0 Å². The van der Waals surface area contributed by atoms with Crippen LogP contribution in [-0.2, 0) is 6.54 Å². The number of hydrogen-bond acceptors (Lipinski definition) is 6. The van der Waals surface area contributed by atoms with Crippen molar-refractivity contribution in [1.82, 2.24) is 14.9 Å². The van der Waals surface area contributed by atoms with Gasteiger partial charge in [0.25, 0.3) is 11.5 Å². The molecule has 0 fully saturated rings. The average molecular weight is 530 g/mol. The monoisotopic (exact) mass is 529 g/mol. The second-order valence-electron chi connectivity index (χ2n) is 9.55. The van der Waals surface area contributed by atoms with Gasteiger partial charge >= 0.3 is 0 Å². The number of thioether (sulfide) groups is 1. The fourth-order valence-electron chi connectivity index (χ4n) is 3.86. The van der Waals surface area contributed by atoms with Crippen LogP contribution in [0.3, 0.4) is 0 Å². The molecule has 0 atom stereocenters. The lowest BCUT2D eigenvalue weighted by Gasteiger charge is -2.14. The first-order valence-electron chi connectivity index (χ1n) is 12.4. The molecule has 1 aromatic heterocycles. The predicted molar refractivity (Wildman–Crippen MR) is 152 cm³/mol. The number of ketones is 1. The molecule has 196 valence electrons. The predicted octanol–water partition coefficient (Wildman–Crippen LogP) is 5.12. The lowest BCUT2D eigenvalue weighted by Crippen LogP contribution is -2.28. The van der Waals surface area contributed by atoms with Gasteiger partial charge in [-0.25, -0.2) is 4.98 Å².